The van der Waals surface area contributed by atoms with Gasteiger partial charge in [-0.25, -0.2) is 19.7 Å². The van der Waals surface area contributed by atoms with E-state index in [1.54, 1.807) is 7.11 Å². The van der Waals surface area contributed by atoms with Crippen molar-refractivity contribution in [1.82, 2.24) is 24.8 Å². The number of amides is 1. The zero-order valence-electron chi connectivity index (χ0n) is 17.8. The minimum atomic E-state index is -0.531. The van der Waals surface area contributed by atoms with Crippen molar-refractivity contribution in [3.63, 3.8) is 0 Å². The number of aryl methyl sites for hydroxylation is 1. The van der Waals surface area contributed by atoms with Gasteiger partial charge in [0.2, 0.25) is 0 Å². The quantitative estimate of drug-likeness (QED) is 0.330. The molecule has 0 saturated heterocycles. The number of alkyl carbamates (subject to hydrolysis) is 1. The van der Waals surface area contributed by atoms with Gasteiger partial charge in [-0.05, 0) is 68.0 Å². The molecular weight excluding hydrogens is 531 g/mol. The molecule has 0 aliphatic rings. The molecule has 0 spiro atoms. The molecule has 0 saturated carbocycles. The number of rotatable bonds is 7. The van der Waals surface area contributed by atoms with Gasteiger partial charge in [0.25, 0.3) is 0 Å². The van der Waals surface area contributed by atoms with Crippen LogP contribution in [0.2, 0.25) is 0 Å². The van der Waals surface area contributed by atoms with Crippen LogP contribution in [0, 0.1) is 3.57 Å². The average molecular weight is 556 g/mol. The maximum absolute atomic E-state index is 11.9. The van der Waals surface area contributed by atoms with Gasteiger partial charge in [-0.1, -0.05) is 11.8 Å². The van der Waals surface area contributed by atoms with E-state index in [-0.39, 0.29) is 0 Å². The van der Waals surface area contributed by atoms with E-state index in [1.165, 1.54) is 18.1 Å². The van der Waals surface area contributed by atoms with Gasteiger partial charge in [0.15, 0.2) is 22.1 Å². The van der Waals surface area contributed by atoms with Crippen molar-refractivity contribution >= 4 is 57.4 Å². The standard InChI is InChI=1S/C20H25IN6O3S/c1-20(2,3)30-19(28)23-8-5-9-27-17-15(16(22)24-11-25-17)26-18(27)31-14-10-12(29-4)6-7-13(14)21/h6-7,10-11H,5,8-9H2,1-4H3,(H,23,28)(H2,22,24,25). The largest absolute Gasteiger partial charge is 0.497 e. The summed E-state index contributed by atoms with van der Waals surface area (Å²) in [5.41, 5.74) is 6.71. The molecule has 0 fully saturated rings. The van der Waals surface area contributed by atoms with E-state index in [0.29, 0.717) is 36.5 Å². The Morgan fingerprint density at radius 2 is 2.10 bits per heavy atom. The summed E-state index contributed by atoms with van der Waals surface area (Å²) in [7, 11) is 1.64. The summed E-state index contributed by atoms with van der Waals surface area (Å²) >= 11 is 3.79. The van der Waals surface area contributed by atoms with E-state index in [9.17, 15) is 4.79 Å². The van der Waals surface area contributed by atoms with Gasteiger partial charge in [-0.3, -0.25) is 0 Å². The number of imidazole rings is 1. The summed E-state index contributed by atoms with van der Waals surface area (Å²) in [5, 5.41) is 3.52. The second kappa shape index (κ2) is 9.90. The summed E-state index contributed by atoms with van der Waals surface area (Å²) in [6.45, 7) is 6.54. The van der Waals surface area contributed by atoms with E-state index in [4.69, 9.17) is 15.2 Å². The van der Waals surface area contributed by atoms with Gasteiger partial charge in [0, 0.05) is 21.6 Å². The van der Waals surface area contributed by atoms with Gasteiger partial charge in [-0.15, -0.1) is 0 Å². The Morgan fingerprint density at radius 3 is 2.81 bits per heavy atom. The van der Waals surface area contributed by atoms with Gasteiger partial charge in [-0.2, -0.15) is 0 Å². The number of nitrogens with one attached hydrogen (secondary N) is 1. The van der Waals surface area contributed by atoms with Crippen molar-refractivity contribution in [2.45, 2.75) is 49.4 Å². The topological polar surface area (TPSA) is 117 Å². The minimum Gasteiger partial charge on any atom is -0.497 e. The molecule has 3 rings (SSSR count). The van der Waals surface area contributed by atoms with Crippen molar-refractivity contribution < 1.29 is 14.3 Å². The molecule has 31 heavy (non-hydrogen) atoms. The number of carbonyl (C=O) groups is 1. The van der Waals surface area contributed by atoms with Crippen molar-refractivity contribution in [3.8, 4) is 5.75 Å². The number of aromatic nitrogens is 4. The Hall–Kier alpha value is -2.28. The number of hydrogen-bond acceptors (Lipinski definition) is 8. The smallest absolute Gasteiger partial charge is 0.407 e. The van der Waals surface area contributed by atoms with Crippen LogP contribution in [0.25, 0.3) is 11.2 Å². The summed E-state index contributed by atoms with van der Waals surface area (Å²) in [6.07, 6.45) is 1.66. The van der Waals surface area contributed by atoms with Crippen LogP contribution < -0.4 is 15.8 Å². The van der Waals surface area contributed by atoms with Crippen molar-refractivity contribution in [2.75, 3.05) is 19.4 Å². The van der Waals surface area contributed by atoms with Crippen LogP contribution in [0.5, 0.6) is 5.75 Å². The Bertz CT molecular complexity index is 1080. The highest BCUT2D eigenvalue weighted by Gasteiger charge is 2.18. The van der Waals surface area contributed by atoms with Crippen LogP contribution in [0.3, 0.4) is 0 Å². The first kappa shape index (κ1) is 23.4. The van der Waals surface area contributed by atoms with E-state index >= 15 is 0 Å². The highest BCUT2D eigenvalue weighted by atomic mass is 127. The number of benzene rings is 1. The second-order valence-electron chi connectivity index (χ2n) is 7.66. The number of nitrogens with zero attached hydrogens (tertiary/aromatic N) is 4. The first-order valence-corrected chi connectivity index (χ1v) is 11.5. The second-order valence-corrected chi connectivity index (χ2v) is 9.83. The fraction of sp³-hybridized carbons (Fsp3) is 0.400. The summed E-state index contributed by atoms with van der Waals surface area (Å²) in [6, 6.07) is 5.88. The number of ether oxygens (including phenoxy) is 2. The number of hydrogen-bond donors (Lipinski definition) is 2. The summed E-state index contributed by atoms with van der Waals surface area (Å²) in [5.74, 6) is 1.10. The Morgan fingerprint density at radius 1 is 1.32 bits per heavy atom. The van der Waals surface area contributed by atoms with Gasteiger partial charge in [0.1, 0.15) is 17.7 Å². The first-order chi connectivity index (χ1) is 14.7. The number of carbonyl (C=O) groups excluding carboxylic acids is 1. The molecule has 3 aromatic rings. The predicted molar refractivity (Wildman–Crippen MR) is 128 cm³/mol. The minimum absolute atomic E-state index is 0.331. The van der Waals surface area contributed by atoms with Gasteiger partial charge < -0.3 is 25.1 Å². The highest BCUT2D eigenvalue weighted by Crippen LogP contribution is 2.35. The van der Waals surface area contributed by atoms with Crippen molar-refractivity contribution in [2.24, 2.45) is 0 Å². The monoisotopic (exact) mass is 556 g/mol. The van der Waals surface area contributed by atoms with Crippen LogP contribution >= 0.6 is 34.4 Å². The molecule has 9 nitrogen and oxygen atoms in total. The molecule has 1 amide bonds. The van der Waals surface area contributed by atoms with Crippen LogP contribution in [-0.4, -0.2) is 44.9 Å². The molecule has 166 valence electrons. The average Bonchev–Trinajstić information content (AvgIpc) is 3.04. The molecule has 11 heteroatoms. The number of fused-ring (bicyclic) bond motifs is 1. The van der Waals surface area contributed by atoms with E-state index < -0.39 is 11.7 Å². The van der Waals surface area contributed by atoms with Gasteiger partial charge in [0.05, 0.1) is 7.11 Å². The first-order valence-electron chi connectivity index (χ1n) is 9.63. The molecule has 0 radical (unpaired) electrons. The number of anilines is 1. The number of halogens is 1. The predicted octanol–water partition coefficient (Wildman–Crippen LogP) is 4.09. The lowest BCUT2D eigenvalue weighted by Crippen LogP contribution is -2.33. The fourth-order valence-electron chi connectivity index (χ4n) is 2.74. The zero-order valence-corrected chi connectivity index (χ0v) is 20.8. The van der Waals surface area contributed by atoms with E-state index in [0.717, 1.165) is 19.4 Å². The lowest BCUT2D eigenvalue weighted by atomic mass is 10.2. The zero-order chi connectivity index (χ0) is 22.6. The van der Waals surface area contributed by atoms with Gasteiger partial charge >= 0.3 is 6.09 Å². The number of nitrogen functional groups attached to an aromatic ring is 1. The lowest BCUT2D eigenvalue weighted by Gasteiger charge is -2.19. The Labute approximate surface area is 198 Å². The third-order valence-electron chi connectivity index (χ3n) is 4.09. The molecule has 0 aliphatic heterocycles. The van der Waals surface area contributed by atoms with Crippen molar-refractivity contribution in [1.29, 1.82) is 0 Å². The number of nitrogens with two attached hydrogens (primary N) is 1. The molecule has 0 unspecified atom stereocenters. The lowest BCUT2D eigenvalue weighted by molar-refractivity contribution is 0.0526. The normalized spacial score (nSPS) is 11.5. The van der Waals surface area contributed by atoms with Crippen LogP contribution in [0.15, 0.2) is 34.6 Å². The van der Waals surface area contributed by atoms with E-state index in [2.05, 4.69) is 42.9 Å². The summed E-state index contributed by atoms with van der Waals surface area (Å²) < 4.78 is 13.7. The Balaban J connectivity index is 1.80. The van der Waals surface area contributed by atoms with Crippen molar-refractivity contribution in [3.05, 3.63) is 28.1 Å². The maximum atomic E-state index is 11.9. The molecule has 0 atom stereocenters. The Kier molecular flexibility index (Phi) is 7.46. The molecule has 2 aromatic heterocycles. The highest BCUT2D eigenvalue weighted by molar-refractivity contribution is 14.1. The molecule has 3 N–H and O–H groups in total. The van der Waals surface area contributed by atoms with Crippen LogP contribution in [0.4, 0.5) is 10.6 Å². The third-order valence-corrected chi connectivity index (χ3v) is 6.45. The van der Waals surface area contributed by atoms with Crippen LogP contribution in [-0.2, 0) is 11.3 Å². The van der Waals surface area contributed by atoms with Crippen LogP contribution in [0.1, 0.15) is 27.2 Å². The summed E-state index contributed by atoms with van der Waals surface area (Å²) in [4.78, 5) is 26.0. The third kappa shape index (κ3) is 6.12. The molecule has 0 aliphatic carbocycles. The SMILES string of the molecule is COc1ccc(I)c(Sc2nc3c(N)ncnc3n2CCCNC(=O)OC(C)(C)C)c1. The molecular formula is C20H25IN6O3S. The fourth-order valence-corrected chi connectivity index (χ4v) is 4.37. The van der Waals surface area contributed by atoms with E-state index in [1.807, 2.05) is 43.5 Å². The maximum Gasteiger partial charge on any atom is 0.407 e. The molecule has 2 heterocycles. The number of methoxy groups -OCH3 is 1. The molecule has 1 aromatic carbocycles. The molecule has 0 bridgehead atoms.